The Labute approximate surface area is 125 Å². The minimum Gasteiger partial charge on any atom is -0.346 e. The van der Waals surface area contributed by atoms with Gasteiger partial charge in [0.25, 0.3) is 0 Å². The van der Waals surface area contributed by atoms with Gasteiger partial charge >= 0.3 is 0 Å². The summed E-state index contributed by atoms with van der Waals surface area (Å²) in [5.74, 6) is 0. The fraction of sp³-hybridized carbons (Fsp3) is 0.444. The number of rotatable bonds is 2. The Kier molecular flexibility index (Phi) is 3.42. The molecule has 3 heteroatoms. The van der Waals surface area contributed by atoms with Crippen molar-refractivity contribution in [3.8, 4) is 0 Å². The molecule has 1 fully saturated rings. The van der Waals surface area contributed by atoms with Gasteiger partial charge in [0.1, 0.15) is 0 Å². The van der Waals surface area contributed by atoms with Crippen molar-refractivity contribution in [3.63, 3.8) is 0 Å². The highest BCUT2D eigenvalue weighted by Crippen LogP contribution is 2.38. The van der Waals surface area contributed by atoms with Gasteiger partial charge in [-0.3, -0.25) is 0 Å². The number of allylic oxidation sites excluding steroid dienone is 1. The van der Waals surface area contributed by atoms with E-state index >= 15 is 0 Å². The predicted molar refractivity (Wildman–Crippen MR) is 82.0 cm³/mol. The first-order valence-electron chi connectivity index (χ1n) is 7.77. The van der Waals surface area contributed by atoms with Crippen molar-refractivity contribution in [1.29, 1.82) is 0 Å². The average Bonchev–Trinajstić information content (AvgIpc) is 3.16. The quantitative estimate of drug-likeness (QED) is 0.905. The first kappa shape index (κ1) is 13.3. The van der Waals surface area contributed by atoms with E-state index < -0.39 is 0 Å². The lowest BCUT2D eigenvalue weighted by Gasteiger charge is -2.28. The molecule has 1 unspecified atom stereocenters. The molecular formula is C18H21NO2. The first-order valence-corrected chi connectivity index (χ1v) is 7.77. The standard InChI is InChI=1S/C18H21NO2/c1-12-10-14(18-20-8-9-21-18)11-16(12)17-15-5-3-2-4-13(15)6-7-19-17/h2-5,11,17-19H,6-10H2,1H3. The zero-order valence-corrected chi connectivity index (χ0v) is 12.4. The fourth-order valence-corrected chi connectivity index (χ4v) is 3.62. The van der Waals surface area contributed by atoms with Crippen molar-refractivity contribution >= 4 is 0 Å². The Morgan fingerprint density at radius 2 is 1.95 bits per heavy atom. The predicted octanol–water partition coefficient (Wildman–Crippen LogP) is 2.89. The summed E-state index contributed by atoms with van der Waals surface area (Å²) in [6.07, 6.45) is 4.26. The molecule has 1 aromatic rings. The molecule has 1 aliphatic carbocycles. The second-order valence-corrected chi connectivity index (χ2v) is 6.04. The highest BCUT2D eigenvalue weighted by atomic mass is 16.7. The molecule has 2 heterocycles. The van der Waals surface area contributed by atoms with Crippen molar-refractivity contribution in [3.05, 3.63) is 58.2 Å². The van der Waals surface area contributed by atoms with Crippen LogP contribution in [0, 0.1) is 0 Å². The summed E-state index contributed by atoms with van der Waals surface area (Å²) in [5, 5.41) is 3.67. The summed E-state index contributed by atoms with van der Waals surface area (Å²) in [6, 6.07) is 9.09. The maximum absolute atomic E-state index is 5.65. The Bertz CT molecular complexity index is 611. The van der Waals surface area contributed by atoms with E-state index in [-0.39, 0.29) is 6.29 Å². The molecule has 3 nitrogen and oxygen atoms in total. The van der Waals surface area contributed by atoms with Crippen molar-refractivity contribution in [2.75, 3.05) is 19.8 Å². The van der Waals surface area contributed by atoms with E-state index in [4.69, 9.17) is 9.47 Å². The third-order valence-electron chi connectivity index (χ3n) is 4.65. The molecule has 2 aliphatic heterocycles. The highest BCUT2D eigenvalue weighted by molar-refractivity contribution is 5.48. The van der Waals surface area contributed by atoms with E-state index in [9.17, 15) is 0 Å². The fourth-order valence-electron chi connectivity index (χ4n) is 3.62. The van der Waals surface area contributed by atoms with E-state index in [2.05, 4.69) is 42.6 Å². The lowest BCUT2D eigenvalue weighted by atomic mass is 9.89. The number of ether oxygens (including phenoxy) is 2. The van der Waals surface area contributed by atoms with Gasteiger partial charge in [0.2, 0.25) is 0 Å². The highest BCUT2D eigenvalue weighted by Gasteiger charge is 2.30. The van der Waals surface area contributed by atoms with Crippen LogP contribution in [-0.4, -0.2) is 26.0 Å². The second-order valence-electron chi connectivity index (χ2n) is 6.04. The molecule has 0 amide bonds. The molecule has 1 N–H and O–H groups in total. The van der Waals surface area contributed by atoms with Gasteiger partial charge in [-0.2, -0.15) is 0 Å². The molecule has 0 saturated carbocycles. The van der Waals surface area contributed by atoms with E-state index in [1.54, 1.807) is 0 Å². The molecule has 110 valence electrons. The number of nitrogens with one attached hydrogen (secondary N) is 1. The lowest BCUT2D eigenvalue weighted by molar-refractivity contribution is -0.0122. The normalized spacial score (nSPS) is 26.1. The summed E-state index contributed by atoms with van der Waals surface area (Å²) < 4.78 is 11.3. The van der Waals surface area contributed by atoms with Crippen LogP contribution in [0.5, 0.6) is 0 Å². The Hall–Kier alpha value is -1.42. The van der Waals surface area contributed by atoms with Crippen LogP contribution in [0.3, 0.4) is 0 Å². The van der Waals surface area contributed by atoms with Crippen LogP contribution < -0.4 is 5.32 Å². The summed E-state index contributed by atoms with van der Waals surface area (Å²) in [4.78, 5) is 0. The smallest absolute Gasteiger partial charge is 0.180 e. The maximum atomic E-state index is 5.65. The zero-order chi connectivity index (χ0) is 14.2. The third-order valence-corrected chi connectivity index (χ3v) is 4.65. The monoisotopic (exact) mass is 283 g/mol. The van der Waals surface area contributed by atoms with Crippen LogP contribution in [0.2, 0.25) is 0 Å². The number of fused-ring (bicyclic) bond motifs is 1. The second kappa shape index (κ2) is 5.41. The number of benzene rings is 1. The van der Waals surface area contributed by atoms with Crippen molar-refractivity contribution in [2.24, 2.45) is 0 Å². The van der Waals surface area contributed by atoms with Crippen molar-refractivity contribution < 1.29 is 9.47 Å². The molecule has 4 rings (SSSR count). The molecule has 1 aromatic carbocycles. The van der Waals surface area contributed by atoms with Crippen molar-refractivity contribution in [1.82, 2.24) is 5.32 Å². The van der Waals surface area contributed by atoms with E-state index in [0.29, 0.717) is 19.3 Å². The minimum absolute atomic E-state index is 0.128. The van der Waals surface area contributed by atoms with Gasteiger partial charge in [-0.05, 0) is 42.0 Å². The Morgan fingerprint density at radius 3 is 2.81 bits per heavy atom. The number of hydrogen-bond donors (Lipinski definition) is 1. The van der Waals surface area contributed by atoms with Gasteiger partial charge in [0.05, 0.1) is 19.3 Å². The van der Waals surface area contributed by atoms with Crippen LogP contribution in [0.4, 0.5) is 0 Å². The van der Waals surface area contributed by atoms with Gasteiger partial charge in [-0.15, -0.1) is 0 Å². The third kappa shape index (κ3) is 2.35. The SMILES string of the molecule is CC1=C(C2NCCc3ccccc32)C=C(C2OCCO2)C1. The molecule has 0 spiro atoms. The molecule has 1 atom stereocenters. The topological polar surface area (TPSA) is 30.5 Å². The maximum Gasteiger partial charge on any atom is 0.180 e. The zero-order valence-electron chi connectivity index (χ0n) is 12.4. The van der Waals surface area contributed by atoms with Crippen molar-refractivity contribution in [2.45, 2.75) is 32.1 Å². The van der Waals surface area contributed by atoms with E-state index in [1.165, 1.54) is 27.8 Å². The molecule has 21 heavy (non-hydrogen) atoms. The van der Waals surface area contributed by atoms with Gasteiger partial charge in [-0.1, -0.05) is 35.9 Å². The van der Waals surface area contributed by atoms with E-state index in [1.807, 2.05) is 0 Å². The minimum atomic E-state index is -0.128. The van der Waals surface area contributed by atoms with Gasteiger partial charge in [0, 0.05) is 6.54 Å². The Morgan fingerprint density at radius 1 is 1.14 bits per heavy atom. The summed E-state index contributed by atoms with van der Waals surface area (Å²) >= 11 is 0. The van der Waals surface area contributed by atoms with Crippen LogP contribution in [0.25, 0.3) is 0 Å². The van der Waals surface area contributed by atoms with Gasteiger partial charge in [0.15, 0.2) is 6.29 Å². The summed E-state index contributed by atoms with van der Waals surface area (Å²) in [6.45, 7) is 4.69. The molecule has 1 saturated heterocycles. The largest absolute Gasteiger partial charge is 0.346 e. The molecule has 0 radical (unpaired) electrons. The molecule has 3 aliphatic rings. The average molecular weight is 283 g/mol. The Balaban J connectivity index is 1.65. The van der Waals surface area contributed by atoms with Crippen LogP contribution in [0.1, 0.15) is 30.5 Å². The molecular weight excluding hydrogens is 262 g/mol. The first-order chi connectivity index (χ1) is 10.3. The molecule has 0 aromatic heterocycles. The number of hydrogen-bond acceptors (Lipinski definition) is 3. The van der Waals surface area contributed by atoms with Crippen LogP contribution in [0.15, 0.2) is 47.1 Å². The van der Waals surface area contributed by atoms with E-state index in [0.717, 1.165) is 19.4 Å². The van der Waals surface area contributed by atoms with Gasteiger partial charge in [-0.25, -0.2) is 0 Å². The van der Waals surface area contributed by atoms with Gasteiger partial charge < -0.3 is 14.8 Å². The van der Waals surface area contributed by atoms with Crippen LogP contribution in [-0.2, 0) is 15.9 Å². The summed E-state index contributed by atoms with van der Waals surface area (Å²) in [5.41, 5.74) is 6.99. The molecule has 0 bridgehead atoms. The lowest BCUT2D eigenvalue weighted by Crippen LogP contribution is -2.30. The summed E-state index contributed by atoms with van der Waals surface area (Å²) in [7, 11) is 0. The van der Waals surface area contributed by atoms with Crippen LogP contribution >= 0.6 is 0 Å².